The van der Waals surface area contributed by atoms with Gasteiger partial charge in [-0.25, -0.2) is 4.90 Å². The molecule has 4 aromatic carbocycles. The fourth-order valence-corrected chi connectivity index (χ4v) is 6.41. The number of carbonyl (C=O) groups excluding carboxylic acids is 3. The number of benzene rings is 4. The normalized spacial score (nSPS) is 24.0. The van der Waals surface area contributed by atoms with Gasteiger partial charge in [-0.1, -0.05) is 78.9 Å². The highest BCUT2D eigenvalue weighted by Crippen LogP contribution is 2.55. The van der Waals surface area contributed by atoms with Crippen molar-refractivity contribution in [3.05, 3.63) is 113 Å². The molecule has 4 aromatic rings. The van der Waals surface area contributed by atoms with Crippen LogP contribution in [0.15, 0.2) is 91.0 Å². The fraction of sp³-hybridized carbons (Fsp3) is 0.182. The number of fused-ring (bicyclic) bond motifs is 7. The van der Waals surface area contributed by atoms with E-state index in [1.165, 1.54) is 4.90 Å². The van der Waals surface area contributed by atoms with Crippen molar-refractivity contribution in [2.45, 2.75) is 19.8 Å². The Bertz CT molecular complexity index is 1700. The van der Waals surface area contributed by atoms with E-state index in [1.807, 2.05) is 105 Å². The molecular weight excluding hydrogens is 474 g/mol. The Morgan fingerprint density at radius 1 is 0.737 bits per heavy atom. The Hall–Kier alpha value is -4.51. The van der Waals surface area contributed by atoms with Gasteiger partial charge >= 0.3 is 5.97 Å². The van der Waals surface area contributed by atoms with Crippen LogP contribution >= 0.6 is 0 Å². The summed E-state index contributed by atoms with van der Waals surface area (Å²) in [5, 5.41) is 1.82. The molecule has 1 fully saturated rings. The minimum Gasteiger partial charge on any atom is -0.425 e. The van der Waals surface area contributed by atoms with Crippen LogP contribution in [0.2, 0.25) is 0 Å². The van der Waals surface area contributed by atoms with Crippen LogP contribution in [0.5, 0.6) is 5.75 Å². The van der Waals surface area contributed by atoms with Gasteiger partial charge in [0.15, 0.2) is 0 Å². The number of amides is 2. The van der Waals surface area contributed by atoms with Gasteiger partial charge in [-0.2, -0.15) is 0 Å². The van der Waals surface area contributed by atoms with Crippen LogP contribution in [0.3, 0.4) is 0 Å². The van der Waals surface area contributed by atoms with E-state index in [-0.39, 0.29) is 17.7 Å². The molecule has 1 saturated heterocycles. The Morgan fingerprint density at radius 3 is 2.26 bits per heavy atom. The molecule has 38 heavy (non-hydrogen) atoms. The average Bonchev–Trinajstić information content (AvgIpc) is 3.20. The predicted octanol–water partition coefficient (Wildman–Crippen LogP) is 5.98. The highest BCUT2D eigenvalue weighted by Gasteiger charge is 2.60. The first-order chi connectivity index (χ1) is 18.4. The highest BCUT2D eigenvalue weighted by molar-refractivity contribution is 6.24. The van der Waals surface area contributed by atoms with Gasteiger partial charge in [-0.15, -0.1) is 0 Å². The van der Waals surface area contributed by atoms with E-state index in [1.54, 1.807) is 0 Å². The van der Waals surface area contributed by atoms with Crippen molar-refractivity contribution in [1.82, 2.24) is 0 Å². The summed E-state index contributed by atoms with van der Waals surface area (Å²) < 4.78 is 5.96. The van der Waals surface area contributed by atoms with Gasteiger partial charge in [0.05, 0.1) is 23.4 Å². The van der Waals surface area contributed by atoms with Gasteiger partial charge in [0.25, 0.3) is 0 Å². The quantitative estimate of drug-likeness (QED) is 0.193. The van der Waals surface area contributed by atoms with Gasteiger partial charge in [-0.05, 0) is 53.6 Å². The first-order valence-electron chi connectivity index (χ1n) is 12.9. The Labute approximate surface area is 220 Å². The lowest BCUT2D eigenvalue weighted by Crippen LogP contribution is -2.42. The van der Waals surface area contributed by atoms with Crippen LogP contribution in [-0.4, -0.2) is 17.8 Å². The van der Waals surface area contributed by atoms with Crippen molar-refractivity contribution in [1.29, 1.82) is 0 Å². The summed E-state index contributed by atoms with van der Waals surface area (Å²) in [6.07, 6.45) is 2.03. The number of esters is 1. The third-order valence-corrected chi connectivity index (χ3v) is 8.42. The minimum atomic E-state index is -0.846. The molecular formula is C33H25NO4. The maximum absolute atomic E-state index is 14.1. The number of aryl methyl sites for hydroxylation is 2. The summed E-state index contributed by atoms with van der Waals surface area (Å²) in [6.45, 7) is 3.95. The van der Waals surface area contributed by atoms with E-state index < -0.39 is 23.7 Å². The van der Waals surface area contributed by atoms with Crippen molar-refractivity contribution in [3.63, 3.8) is 0 Å². The smallest absolute Gasteiger partial charge is 0.319 e. The van der Waals surface area contributed by atoms with Crippen molar-refractivity contribution in [2.24, 2.45) is 17.8 Å². The number of hydrogen-bond donors (Lipinski definition) is 0. The molecule has 5 nitrogen and oxygen atoms in total. The lowest BCUT2D eigenvalue weighted by molar-refractivity contribution is -0.142. The topological polar surface area (TPSA) is 63.7 Å². The summed E-state index contributed by atoms with van der Waals surface area (Å²) in [5.41, 5.74) is 5.13. The zero-order valence-electron chi connectivity index (χ0n) is 21.0. The van der Waals surface area contributed by atoms with Gasteiger partial charge < -0.3 is 4.74 Å². The highest BCUT2D eigenvalue weighted by atomic mass is 16.5. The molecule has 0 spiro atoms. The van der Waals surface area contributed by atoms with E-state index in [0.29, 0.717) is 11.4 Å². The molecule has 4 atom stereocenters. The SMILES string of the molecule is Cc1ccc(N2C(=O)[C@@H]3[C@@H]4C(=O)Oc5c(ccc6ccccc56)C4=C[C@H](c4ccccc4)[C@H]3C2=O)cc1C. The molecule has 7 rings (SSSR count). The molecule has 2 amide bonds. The number of carbonyl (C=O) groups is 3. The maximum atomic E-state index is 14.1. The molecule has 2 heterocycles. The van der Waals surface area contributed by atoms with Crippen LogP contribution in [0.25, 0.3) is 16.3 Å². The summed E-state index contributed by atoms with van der Waals surface area (Å²) in [6, 6.07) is 27.1. The molecule has 5 heteroatoms. The average molecular weight is 500 g/mol. The number of hydrogen-bond acceptors (Lipinski definition) is 4. The monoisotopic (exact) mass is 499 g/mol. The van der Waals surface area contributed by atoms with Gasteiger partial charge in [-0.3, -0.25) is 14.4 Å². The lowest BCUT2D eigenvalue weighted by atomic mass is 9.64. The summed E-state index contributed by atoms with van der Waals surface area (Å²) in [4.78, 5) is 43.1. The van der Waals surface area contributed by atoms with Crippen molar-refractivity contribution >= 4 is 39.8 Å². The van der Waals surface area contributed by atoms with Crippen molar-refractivity contribution in [3.8, 4) is 5.75 Å². The summed E-state index contributed by atoms with van der Waals surface area (Å²) in [5.74, 6) is -3.33. The van der Waals surface area contributed by atoms with Crippen LogP contribution < -0.4 is 9.64 Å². The number of ether oxygens (including phenoxy) is 1. The number of allylic oxidation sites excluding steroid dienone is 1. The minimum absolute atomic E-state index is 0.274. The zero-order chi connectivity index (χ0) is 26.1. The molecule has 3 aliphatic rings. The molecule has 0 unspecified atom stereocenters. The van der Waals surface area contributed by atoms with Gasteiger partial charge in [0.2, 0.25) is 11.8 Å². The van der Waals surface area contributed by atoms with Gasteiger partial charge in [0.1, 0.15) is 5.75 Å². The first-order valence-corrected chi connectivity index (χ1v) is 12.9. The molecule has 0 saturated carbocycles. The zero-order valence-corrected chi connectivity index (χ0v) is 21.0. The maximum Gasteiger partial charge on any atom is 0.319 e. The molecule has 0 aromatic heterocycles. The second-order valence-electron chi connectivity index (χ2n) is 10.5. The third-order valence-electron chi connectivity index (χ3n) is 8.42. The van der Waals surface area contributed by atoms with Crippen LogP contribution in [-0.2, 0) is 14.4 Å². The first kappa shape index (κ1) is 22.7. The van der Waals surface area contributed by atoms with Crippen LogP contribution in [0.1, 0.15) is 28.2 Å². The predicted molar refractivity (Wildman–Crippen MR) is 146 cm³/mol. The molecule has 0 bridgehead atoms. The molecule has 0 N–H and O–H groups in total. The van der Waals surface area contributed by atoms with Crippen LogP contribution in [0.4, 0.5) is 5.69 Å². The van der Waals surface area contributed by atoms with Crippen LogP contribution in [0, 0.1) is 31.6 Å². The van der Waals surface area contributed by atoms with E-state index in [9.17, 15) is 14.4 Å². The molecule has 2 aliphatic heterocycles. The Balaban J connectivity index is 1.44. The number of rotatable bonds is 2. The van der Waals surface area contributed by atoms with E-state index in [0.717, 1.165) is 38.6 Å². The number of anilines is 1. The lowest BCUT2D eigenvalue weighted by Gasteiger charge is -2.38. The third kappa shape index (κ3) is 3.14. The van der Waals surface area contributed by atoms with Crippen molar-refractivity contribution < 1.29 is 19.1 Å². The molecule has 186 valence electrons. The van der Waals surface area contributed by atoms with E-state index in [4.69, 9.17) is 4.74 Å². The Kier molecular flexibility index (Phi) is 4.92. The van der Waals surface area contributed by atoms with E-state index >= 15 is 0 Å². The number of nitrogens with zero attached hydrogens (tertiary/aromatic N) is 1. The fourth-order valence-electron chi connectivity index (χ4n) is 6.41. The standard InChI is InChI=1S/C33H25NO4/c1-18-12-14-22(16-19(18)2)34-31(35)27-25(20-8-4-3-5-9-20)17-26-24-15-13-21-10-6-7-11-23(21)30(24)38-33(37)28(26)29(27)32(34)36/h3-17,25,27-29H,1-2H3/t25-,27-,28-,29+/m1/s1. The summed E-state index contributed by atoms with van der Waals surface area (Å²) >= 11 is 0. The molecule has 1 aliphatic carbocycles. The Morgan fingerprint density at radius 2 is 1.47 bits per heavy atom. The van der Waals surface area contributed by atoms with Gasteiger partial charge in [0, 0.05) is 16.9 Å². The molecule has 0 radical (unpaired) electrons. The number of imide groups is 1. The second-order valence-corrected chi connectivity index (χ2v) is 10.5. The largest absolute Gasteiger partial charge is 0.425 e. The summed E-state index contributed by atoms with van der Waals surface area (Å²) in [7, 11) is 0. The van der Waals surface area contributed by atoms with Crippen molar-refractivity contribution in [2.75, 3.05) is 4.90 Å². The van der Waals surface area contributed by atoms with E-state index in [2.05, 4.69) is 0 Å². The second kappa shape index (κ2) is 8.25.